The Labute approximate surface area is 88.5 Å². The van der Waals surface area contributed by atoms with Gasteiger partial charge in [0.2, 0.25) is 0 Å². The van der Waals surface area contributed by atoms with E-state index in [9.17, 15) is 0 Å². The Balaban J connectivity index is 3.16. The molecule has 0 spiro atoms. The summed E-state index contributed by atoms with van der Waals surface area (Å²) >= 11 is 0. The van der Waals surface area contributed by atoms with Crippen LogP contribution in [0.5, 0.6) is 0 Å². The Bertz CT molecular complexity index is 158. The van der Waals surface area contributed by atoms with Crippen molar-refractivity contribution in [1.82, 2.24) is 0 Å². The molecule has 0 aliphatic rings. The Morgan fingerprint density at radius 2 is 1.21 bits per heavy atom. The van der Waals surface area contributed by atoms with Gasteiger partial charge in [0, 0.05) is 13.1 Å². The van der Waals surface area contributed by atoms with Crippen LogP contribution in [0.3, 0.4) is 0 Å². The van der Waals surface area contributed by atoms with Crippen LogP contribution in [0.1, 0.15) is 58.8 Å². The van der Waals surface area contributed by atoms with Gasteiger partial charge in [-0.05, 0) is 12.8 Å². The molecule has 2 heteroatoms. The molecular weight excluding hydrogens is 172 g/mol. The highest BCUT2D eigenvalue weighted by atomic mass is 14.8. The number of hydrogen-bond donors (Lipinski definition) is 0. The Hall–Kier alpha value is -0.620. The average Bonchev–Trinajstić information content (AvgIpc) is 2.21. The molecule has 0 unspecified atom stereocenters. The lowest BCUT2D eigenvalue weighted by Crippen LogP contribution is -1.82. The molecule has 0 saturated heterocycles. The minimum absolute atomic E-state index is 0.895. The lowest BCUT2D eigenvalue weighted by molar-refractivity contribution is 0.675. The minimum atomic E-state index is 0.895. The third-order valence-corrected chi connectivity index (χ3v) is 2.14. The molecule has 2 nitrogen and oxygen atoms in total. The van der Waals surface area contributed by atoms with Gasteiger partial charge in [-0.2, -0.15) is 0 Å². The van der Waals surface area contributed by atoms with E-state index in [1.165, 1.54) is 44.9 Å². The van der Waals surface area contributed by atoms with E-state index < -0.39 is 0 Å². The summed E-state index contributed by atoms with van der Waals surface area (Å²) in [7, 11) is 0. The number of rotatable bonds is 9. The van der Waals surface area contributed by atoms with Crippen molar-refractivity contribution >= 4 is 6.01 Å². The summed E-state index contributed by atoms with van der Waals surface area (Å²) in [6, 6.07) is 2.77. The van der Waals surface area contributed by atoms with Gasteiger partial charge in [-0.1, -0.05) is 46.0 Å². The van der Waals surface area contributed by atoms with Crippen LogP contribution in [-0.4, -0.2) is 19.1 Å². The molecule has 0 aromatic rings. The molecule has 0 saturated carbocycles. The first-order chi connectivity index (χ1) is 6.91. The number of unbranched alkanes of at least 4 members (excludes halogenated alkanes) is 5. The highest BCUT2D eigenvalue weighted by molar-refractivity contribution is 5.40. The lowest BCUT2D eigenvalue weighted by atomic mass is 10.2. The van der Waals surface area contributed by atoms with Crippen LogP contribution in [0.4, 0.5) is 0 Å². The van der Waals surface area contributed by atoms with Gasteiger partial charge in [-0.3, -0.25) is 0 Å². The first kappa shape index (κ1) is 13.4. The average molecular weight is 196 g/mol. The van der Waals surface area contributed by atoms with Crippen molar-refractivity contribution in [3.63, 3.8) is 0 Å². The van der Waals surface area contributed by atoms with Crippen LogP contribution in [0.15, 0.2) is 9.98 Å². The van der Waals surface area contributed by atoms with Crippen molar-refractivity contribution in [1.29, 1.82) is 0 Å². The van der Waals surface area contributed by atoms with Crippen LogP contribution >= 0.6 is 0 Å². The number of nitrogens with zero attached hydrogens (tertiary/aromatic N) is 2. The molecule has 14 heavy (non-hydrogen) atoms. The van der Waals surface area contributed by atoms with Crippen molar-refractivity contribution in [2.75, 3.05) is 13.1 Å². The molecule has 0 heterocycles. The van der Waals surface area contributed by atoms with Gasteiger partial charge in [0.15, 0.2) is 0 Å². The maximum atomic E-state index is 4.12. The van der Waals surface area contributed by atoms with E-state index >= 15 is 0 Å². The summed E-state index contributed by atoms with van der Waals surface area (Å²) in [6.07, 6.45) is 8.78. The van der Waals surface area contributed by atoms with E-state index in [-0.39, 0.29) is 0 Å². The van der Waals surface area contributed by atoms with Crippen molar-refractivity contribution in [2.24, 2.45) is 9.98 Å². The fraction of sp³-hybridized carbons (Fsp3) is 0.917. The van der Waals surface area contributed by atoms with E-state index in [0.717, 1.165) is 13.1 Å². The molecule has 0 aromatic heterocycles. The van der Waals surface area contributed by atoms with E-state index in [1.54, 1.807) is 0 Å². The molecule has 82 valence electrons. The maximum Gasteiger partial charge on any atom is 0.0892 e. The van der Waals surface area contributed by atoms with Gasteiger partial charge in [0.1, 0.15) is 0 Å². The quantitative estimate of drug-likeness (QED) is 0.394. The third-order valence-electron chi connectivity index (χ3n) is 2.14. The Morgan fingerprint density at radius 1 is 0.714 bits per heavy atom. The maximum absolute atomic E-state index is 4.12. The second-order valence-corrected chi connectivity index (χ2v) is 3.63. The zero-order valence-corrected chi connectivity index (χ0v) is 9.76. The van der Waals surface area contributed by atoms with E-state index in [4.69, 9.17) is 0 Å². The normalized spacial score (nSPS) is 9.57. The van der Waals surface area contributed by atoms with Crippen LogP contribution in [0.2, 0.25) is 0 Å². The van der Waals surface area contributed by atoms with Crippen molar-refractivity contribution in [3.8, 4) is 0 Å². The molecule has 0 fully saturated rings. The molecule has 0 amide bonds. The van der Waals surface area contributed by atoms with Gasteiger partial charge < -0.3 is 0 Å². The Kier molecular flexibility index (Phi) is 11.8. The second-order valence-electron chi connectivity index (χ2n) is 3.63. The van der Waals surface area contributed by atoms with Crippen molar-refractivity contribution in [2.45, 2.75) is 58.8 Å². The summed E-state index contributed by atoms with van der Waals surface area (Å²) in [6.45, 7) is 6.22. The summed E-state index contributed by atoms with van der Waals surface area (Å²) in [5, 5.41) is 0. The smallest absolute Gasteiger partial charge is 0.0892 e. The molecule has 0 N–H and O–H groups in total. The fourth-order valence-corrected chi connectivity index (χ4v) is 1.21. The topological polar surface area (TPSA) is 24.7 Å². The summed E-state index contributed by atoms with van der Waals surface area (Å²) in [4.78, 5) is 8.23. The summed E-state index contributed by atoms with van der Waals surface area (Å²) in [5.74, 6) is 0. The fourth-order valence-electron chi connectivity index (χ4n) is 1.21. The van der Waals surface area contributed by atoms with Gasteiger partial charge >= 0.3 is 0 Å². The Morgan fingerprint density at radius 3 is 1.79 bits per heavy atom. The zero-order valence-electron chi connectivity index (χ0n) is 9.76. The molecule has 0 aromatic carbocycles. The summed E-state index contributed by atoms with van der Waals surface area (Å²) < 4.78 is 0. The largest absolute Gasteiger partial charge is 0.226 e. The van der Waals surface area contributed by atoms with Crippen LogP contribution in [0.25, 0.3) is 0 Å². The number of aliphatic imine (C=N–C) groups is 2. The molecule has 0 atom stereocenters. The molecular formula is C12H24N2. The van der Waals surface area contributed by atoms with Crippen LogP contribution in [-0.2, 0) is 0 Å². The van der Waals surface area contributed by atoms with Crippen LogP contribution in [0, 0.1) is 0 Å². The molecule has 0 aliphatic heterocycles. The zero-order chi connectivity index (χ0) is 10.5. The first-order valence-corrected chi connectivity index (χ1v) is 5.99. The van der Waals surface area contributed by atoms with Crippen molar-refractivity contribution in [3.05, 3.63) is 0 Å². The summed E-state index contributed by atoms with van der Waals surface area (Å²) in [5.41, 5.74) is 0. The highest BCUT2D eigenvalue weighted by Gasteiger charge is 1.84. The number of hydrogen-bond acceptors (Lipinski definition) is 2. The highest BCUT2D eigenvalue weighted by Crippen LogP contribution is 1.98. The van der Waals surface area contributed by atoms with Crippen molar-refractivity contribution < 1.29 is 0 Å². The molecule has 0 aliphatic carbocycles. The standard InChI is InChI=1S/C12H24N2/c1-3-5-7-9-11-14-12-13-10-8-6-4-2/h3-11H2,1-2H3. The lowest BCUT2D eigenvalue weighted by Gasteiger charge is -1.92. The predicted octanol–water partition coefficient (Wildman–Crippen LogP) is 3.93. The molecule has 0 rings (SSSR count). The first-order valence-electron chi connectivity index (χ1n) is 5.99. The SMILES string of the molecule is CCCCCCN=C=NCCCCC. The van der Waals surface area contributed by atoms with E-state index in [2.05, 4.69) is 29.8 Å². The van der Waals surface area contributed by atoms with Gasteiger partial charge in [0.25, 0.3) is 0 Å². The monoisotopic (exact) mass is 196 g/mol. The minimum Gasteiger partial charge on any atom is -0.226 e. The van der Waals surface area contributed by atoms with Gasteiger partial charge in [-0.15, -0.1) is 0 Å². The predicted molar refractivity (Wildman–Crippen MR) is 63.3 cm³/mol. The molecule has 0 bridgehead atoms. The van der Waals surface area contributed by atoms with E-state index in [1.807, 2.05) is 0 Å². The molecule has 0 radical (unpaired) electrons. The van der Waals surface area contributed by atoms with E-state index in [0.29, 0.717) is 0 Å². The third kappa shape index (κ3) is 11.4. The second kappa shape index (κ2) is 12.4. The van der Waals surface area contributed by atoms with Crippen LogP contribution < -0.4 is 0 Å². The van der Waals surface area contributed by atoms with Gasteiger partial charge in [0.05, 0.1) is 6.01 Å². The van der Waals surface area contributed by atoms with Gasteiger partial charge in [-0.25, -0.2) is 9.98 Å².